The van der Waals surface area contributed by atoms with Gasteiger partial charge in [-0.25, -0.2) is 4.79 Å². The Hall–Kier alpha value is -3.61. The molecule has 0 atom stereocenters. The largest absolute Gasteiger partial charge is 0.496 e. The fraction of sp³-hybridized carbons (Fsp3) is 0.227. The number of rotatable bonds is 7. The van der Waals surface area contributed by atoms with Crippen molar-refractivity contribution in [3.63, 3.8) is 0 Å². The Morgan fingerprint density at radius 3 is 2.59 bits per heavy atom. The molecule has 150 valence electrons. The molecule has 7 nitrogen and oxygen atoms in total. The van der Waals surface area contributed by atoms with Crippen LogP contribution in [0.25, 0.3) is 10.9 Å². The third kappa shape index (κ3) is 4.29. The molecule has 3 rings (SSSR count). The molecule has 2 aromatic carbocycles. The van der Waals surface area contributed by atoms with Gasteiger partial charge in [0.15, 0.2) is 0 Å². The second-order valence-corrected chi connectivity index (χ2v) is 7.06. The third-order valence-electron chi connectivity index (χ3n) is 4.77. The Kier molecular flexibility index (Phi) is 5.68. The van der Waals surface area contributed by atoms with E-state index in [-0.39, 0.29) is 11.3 Å². The molecule has 3 aromatic rings. The van der Waals surface area contributed by atoms with Crippen molar-refractivity contribution in [2.75, 3.05) is 7.11 Å². The Balaban J connectivity index is 2.10. The summed E-state index contributed by atoms with van der Waals surface area (Å²) in [4.78, 5) is 22.1. The fourth-order valence-corrected chi connectivity index (χ4v) is 3.27. The SMILES string of the molecule is COc1cc(C(=O)O)ccc1Cc1cn(CC=C(C)C)c2ccc([N+](=O)[O-])cc12. The standard InChI is InChI=1S/C22H22N2O5/c1-14(2)8-9-23-13-17(19-12-18(24(27)28)6-7-20(19)23)10-15-4-5-16(22(25)26)11-21(15)29-3/h4-8,11-13H,9-10H2,1-3H3,(H,25,26). The number of ether oxygens (including phenoxy) is 1. The van der Waals surface area contributed by atoms with Gasteiger partial charge in [0, 0.05) is 42.2 Å². The zero-order valence-corrected chi connectivity index (χ0v) is 16.5. The molecule has 7 heteroatoms. The number of aromatic carboxylic acids is 1. The van der Waals surface area contributed by atoms with Gasteiger partial charge in [0.2, 0.25) is 0 Å². The highest BCUT2D eigenvalue weighted by Gasteiger charge is 2.16. The van der Waals surface area contributed by atoms with Crippen LogP contribution in [0.5, 0.6) is 5.75 Å². The molecule has 0 saturated carbocycles. The summed E-state index contributed by atoms with van der Waals surface area (Å²) in [6, 6.07) is 9.60. The van der Waals surface area contributed by atoms with Gasteiger partial charge in [0.25, 0.3) is 5.69 Å². The second kappa shape index (κ2) is 8.18. The fourth-order valence-electron chi connectivity index (χ4n) is 3.27. The molecule has 0 amide bonds. The first-order valence-corrected chi connectivity index (χ1v) is 9.10. The normalized spacial score (nSPS) is 10.7. The van der Waals surface area contributed by atoms with Crippen LogP contribution in [0.15, 0.2) is 54.2 Å². The zero-order valence-electron chi connectivity index (χ0n) is 16.5. The zero-order chi connectivity index (χ0) is 21.1. The van der Waals surface area contributed by atoms with E-state index in [0.717, 1.165) is 22.0 Å². The van der Waals surface area contributed by atoms with Crippen molar-refractivity contribution in [2.45, 2.75) is 26.8 Å². The lowest BCUT2D eigenvalue weighted by atomic mass is 10.0. The lowest BCUT2D eigenvalue weighted by molar-refractivity contribution is -0.384. The van der Waals surface area contributed by atoms with Crippen molar-refractivity contribution in [1.29, 1.82) is 0 Å². The summed E-state index contributed by atoms with van der Waals surface area (Å²) in [6.45, 7) is 4.70. The van der Waals surface area contributed by atoms with E-state index in [2.05, 4.69) is 10.6 Å². The lowest BCUT2D eigenvalue weighted by Gasteiger charge is -2.09. The number of carbonyl (C=O) groups is 1. The highest BCUT2D eigenvalue weighted by molar-refractivity contribution is 5.89. The van der Waals surface area contributed by atoms with Gasteiger partial charge in [-0.1, -0.05) is 17.7 Å². The van der Waals surface area contributed by atoms with Crippen molar-refractivity contribution in [1.82, 2.24) is 4.57 Å². The van der Waals surface area contributed by atoms with Crippen molar-refractivity contribution < 1.29 is 19.6 Å². The van der Waals surface area contributed by atoms with Crippen LogP contribution < -0.4 is 4.74 Å². The lowest BCUT2D eigenvalue weighted by Crippen LogP contribution is -2.00. The molecular formula is C22H22N2O5. The smallest absolute Gasteiger partial charge is 0.335 e. The van der Waals surface area contributed by atoms with Gasteiger partial charge in [0.1, 0.15) is 5.75 Å². The molecule has 1 N–H and O–H groups in total. The van der Waals surface area contributed by atoms with Crippen LogP contribution in [0.4, 0.5) is 5.69 Å². The highest BCUT2D eigenvalue weighted by atomic mass is 16.6. The molecule has 1 aromatic heterocycles. The average molecular weight is 394 g/mol. The van der Waals surface area contributed by atoms with Gasteiger partial charge in [-0.2, -0.15) is 0 Å². The van der Waals surface area contributed by atoms with Crippen molar-refractivity contribution in [3.05, 3.63) is 81.0 Å². The number of benzene rings is 2. The third-order valence-corrected chi connectivity index (χ3v) is 4.77. The topological polar surface area (TPSA) is 94.6 Å². The van der Waals surface area contributed by atoms with E-state index in [0.29, 0.717) is 18.7 Å². The number of hydrogen-bond acceptors (Lipinski definition) is 4. The molecular weight excluding hydrogens is 372 g/mol. The van der Waals surface area contributed by atoms with Gasteiger partial charge in [-0.3, -0.25) is 10.1 Å². The van der Waals surface area contributed by atoms with E-state index < -0.39 is 10.9 Å². The van der Waals surface area contributed by atoms with E-state index in [4.69, 9.17) is 4.74 Å². The number of fused-ring (bicyclic) bond motifs is 1. The molecule has 0 unspecified atom stereocenters. The highest BCUT2D eigenvalue weighted by Crippen LogP contribution is 2.30. The molecule has 0 spiro atoms. The minimum absolute atomic E-state index is 0.0342. The number of methoxy groups -OCH3 is 1. The van der Waals surface area contributed by atoms with Gasteiger partial charge in [0.05, 0.1) is 17.6 Å². The van der Waals surface area contributed by atoms with Crippen LogP contribution in [-0.4, -0.2) is 27.7 Å². The van der Waals surface area contributed by atoms with E-state index in [9.17, 15) is 20.0 Å². The summed E-state index contributed by atoms with van der Waals surface area (Å²) in [5.41, 5.74) is 3.99. The van der Waals surface area contributed by atoms with Crippen molar-refractivity contribution >= 4 is 22.6 Å². The van der Waals surface area contributed by atoms with Crippen molar-refractivity contribution in [2.24, 2.45) is 0 Å². The molecule has 1 heterocycles. The molecule has 0 aliphatic heterocycles. The number of hydrogen-bond donors (Lipinski definition) is 1. The number of nitro benzene ring substituents is 1. The van der Waals surface area contributed by atoms with Gasteiger partial charge in [-0.15, -0.1) is 0 Å². The monoisotopic (exact) mass is 394 g/mol. The summed E-state index contributed by atoms with van der Waals surface area (Å²) >= 11 is 0. The van der Waals surface area contributed by atoms with Gasteiger partial charge in [-0.05, 0) is 43.2 Å². The Labute approximate surface area is 168 Å². The first-order valence-electron chi connectivity index (χ1n) is 9.10. The van der Waals surface area contributed by atoms with Crippen LogP contribution >= 0.6 is 0 Å². The quantitative estimate of drug-likeness (QED) is 0.352. The predicted molar refractivity (Wildman–Crippen MR) is 111 cm³/mol. The van der Waals surface area contributed by atoms with E-state index in [1.165, 1.54) is 30.9 Å². The maximum atomic E-state index is 11.3. The number of allylic oxidation sites excluding steroid dienone is 2. The maximum absolute atomic E-state index is 11.3. The summed E-state index contributed by atoms with van der Waals surface area (Å²) in [7, 11) is 1.49. The summed E-state index contributed by atoms with van der Waals surface area (Å²) in [5.74, 6) is -0.552. The Morgan fingerprint density at radius 1 is 1.21 bits per heavy atom. The molecule has 0 radical (unpaired) electrons. The summed E-state index contributed by atoms with van der Waals surface area (Å²) < 4.78 is 7.44. The molecule has 29 heavy (non-hydrogen) atoms. The predicted octanol–water partition coefficient (Wildman–Crippen LogP) is 4.81. The van der Waals surface area contributed by atoms with E-state index in [1.54, 1.807) is 18.2 Å². The molecule has 0 aliphatic carbocycles. The average Bonchev–Trinajstić information content (AvgIpc) is 3.03. The van der Waals surface area contributed by atoms with E-state index >= 15 is 0 Å². The first-order chi connectivity index (χ1) is 13.8. The van der Waals surface area contributed by atoms with Crippen LogP contribution in [0.1, 0.15) is 35.3 Å². The van der Waals surface area contributed by atoms with Crippen LogP contribution in [0, 0.1) is 10.1 Å². The number of carboxylic acid groups (broad SMARTS) is 1. The van der Waals surface area contributed by atoms with Crippen molar-refractivity contribution in [3.8, 4) is 5.75 Å². The molecule has 0 fully saturated rings. The number of aromatic nitrogens is 1. The van der Waals surface area contributed by atoms with Crippen LogP contribution in [-0.2, 0) is 13.0 Å². The minimum atomic E-state index is -1.02. The Morgan fingerprint density at radius 2 is 1.97 bits per heavy atom. The first kappa shape index (κ1) is 20.1. The van der Waals surface area contributed by atoms with Gasteiger partial charge < -0.3 is 14.4 Å². The number of nitrogens with zero attached hydrogens (tertiary/aromatic N) is 2. The second-order valence-electron chi connectivity index (χ2n) is 7.06. The van der Waals surface area contributed by atoms with Crippen LogP contribution in [0.3, 0.4) is 0 Å². The summed E-state index contributed by atoms with van der Waals surface area (Å²) in [5, 5.41) is 21.2. The van der Waals surface area contributed by atoms with E-state index in [1.807, 2.05) is 20.0 Å². The molecule has 0 saturated heterocycles. The number of nitro groups is 1. The molecule has 0 bridgehead atoms. The van der Waals surface area contributed by atoms with Gasteiger partial charge >= 0.3 is 5.97 Å². The molecule has 0 aliphatic rings. The number of non-ortho nitro benzene ring substituents is 1. The minimum Gasteiger partial charge on any atom is -0.496 e. The Bertz CT molecular complexity index is 1120. The maximum Gasteiger partial charge on any atom is 0.335 e. The summed E-state index contributed by atoms with van der Waals surface area (Å²) in [6.07, 6.45) is 4.54. The van der Waals surface area contributed by atoms with Crippen LogP contribution in [0.2, 0.25) is 0 Å². The number of carboxylic acids is 1.